The third-order valence-corrected chi connectivity index (χ3v) is 3.92. The van der Waals surface area contributed by atoms with Crippen LogP contribution in [0.2, 0.25) is 0 Å². The third kappa shape index (κ3) is 11.2. The van der Waals surface area contributed by atoms with Crippen molar-refractivity contribution in [1.82, 2.24) is 4.72 Å². The van der Waals surface area contributed by atoms with Gasteiger partial charge in [0.1, 0.15) is 11.7 Å². The predicted octanol–water partition coefficient (Wildman–Crippen LogP) is 2.31. The smallest absolute Gasteiger partial charge is 0.237 e. The number of benzene rings is 1. The Morgan fingerprint density at radius 2 is 2.04 bits per heavy atom. The van der Waals surface area contributed by atoms with Crippen molar-refractivity contribution in [1.29, 1.82) is 0 Å². The zero-order valence-electron chi connectivity index (χ0n) is 14.5. The lowest BCUT2D eigenvalue weighted by Crippen LogP contribution is -2.32. The number of amidine groups is 1. The van der Waals surface area contributed by atoms with Gasteiger partial charge < -0.3 is 5.11 Å². The Balaban J connectivity index is 0.000000535. The van der Waals surface area contributed by atoms with Crippen LogP contribution < -0.4 is 4.72 Å². The molecule has 140 valence electrons. The minimum atomic E-state index is -3.34. The molecule has 0 saturated carbocycles. The summed E-state index contributed by atoms with van der Waals surface area (Å²) in [6, 6.07) is 5.85. The van der Waals surface area contributed by atoms with Crippen LogP contribution in [0, 0.1) is 5.82 Å². The summed E-state index contributed by atoms with van der Waals surface area (Å²) in [5.41, 5.74) is 0.109. The number of carbonyl (C=O) groups excluding carboxylic acids is 1. The molecule has 8 heteroatoms. The van der Waals surface area contributed by atoms with Crippen LogP contribution in [0.5, 0.6) is 0 Å². The lowest BCUT2D eigenvalue weighted by molar-refractivity contribution is 0.112. The summed E-state index contributed by atoms with van der Waals surface area (Å²) in [4.78, 5) is 14.0. The van der Waals surface area contributed by atoms with E-state index < -0.39 is 15.8 Å². The van der Waals surface area contributed by atoms with E-state index in [-0.39, 0.29) is 24.5 Å². The number of carbonyl (C=O) groups is 1. The van der Waals surface area contributed by atoms with Gasteiger partial charge in [-0.2, -0.15) is 0 Å². The first-order valence-corrected chi connectivity index (χ1v) is 9.50. The highest BCUT2D eigenvalue weighted by atomic mass is 32.2. The average Bonchev–Trinajstić information content (AvgIpc) is 2.59. The van der Waals surface area contributed by atoms with E-state index >= 15 is 0 Å². The van der Waals surface area contributed by atoms with E-state index in [1.807, 2.05) is 6.92 Å². The van der Waals surface area contributed by atoms with Gasteiger partial charge in [0, 0.05) is 6.42 Å². The van der Waals surface area contributed by atoms with E-state index in [1.165, 1.54) is 12.1 Å². The van der Waals surface area contributed by atoms with Crippen LogP contribution in [0.3, 0.4) is 0 Å². The van der Waals surface area contributed by atoms with Gasteiger partial charge >= 0.3 is 0 Å². The molecule has 0 atom stereocenters. The summed E-state index contributed by atoms with van der Waals surface area (Å²) in [7, 11) is -3.34. The first kappa shape index (κ1) is 22.9. The molecule has 0 amide bonds. The summed E-state index contributed by atoms with van der Waals surface area (Å²) < 4.78 is 37.8. The Hall–Kier alpha value is -2.06. The Bertz CT molecular complexity index is 673. The standard InChI is InChI=1S/C10H20N2O3S.C7H5FO/c1-3-5-9-16(14,15)12-10(6-4-2)11-7-8-13;8-7-4-2-1-3-6(7)5-9/h3,5,13H,4,6-9H2,1-2H3,(H,11,12);1-5H/b5-3-;. The number of halogens is 1. The number of aliphatic imine (C=N–C) groups is 1. The summed E-state index contributed by atoms with van der Waals surface area (Å²) in [6.07, 6.45) is 5.11. The summed E-state index contributed by atoms with van der Waals surface area (Å²) in [6.45, 7) is 3.85. The van der Waals surface area contributed by atoms with Crippen molar-refractivity contribution in [3.63, 3.8) is 0 Å². The molecule has 0 heterocycles. The number of aldehydes is 1. The van der Waals surface area contributed by atoms with Gasteiger partial charge in [-0.1, -0.05) is 31.2 Å². The van der Waals surface area contributed by atoms with Crippen molar-refractivity contribution in [2.75, 3.05) is 18.9 Å². The molecule has 0 aliphatic rings. The maximum atomic E-state index is 12.4. The fourth-order valence-electron chi connectivity index (χ4n) is 1.60. The summed E-state index contributed by atoms with van der Waals surface area (Å²) >= 11 is 0. The van der Waals surface area contributed by atoms with E-state index in [0.29, 0.717) is 18.5 Å². The van der Waals surface area contributed by atoms with Crippen LogP contribution in [-0.4, -0.2) is 44.6 Å². The maximum absolute atomic E-state index is 12.4. The largest absolute Gasteiger partial charge is 0.394 e. The van der Waals surface area contributed by atoms with Gasteiger partial charge in [-0.05, 0) is 25.5 Å². The molecule has 0 saturated heterocycles. The lowest BCUT2D eigenvalue weighted by Gasteiger charge is -2.08. The van der Waals surface area contributed by atoms with Crippen molar-refractivity contribution < 1.29 is 22.7 Å². The molecular weight excluding hydrogens is 347 g/mol. The Labute approximate surface area is 148 Å². The topological polar surface area (TPSA) is 95.8 Å². The van der Waals surface area contributed by atoms with Crippen molar-refractivity contribution in [3.8, 4) is 0 Å². The Kier molecular flexibility index (Phi) is 12.2. The number of sulfonamides is 1. The van der Waals surface area contributed by atoms with E-state index in [4.69, 9.17) is 5.11 Å². The van der Waals surface area contributed by atoms with Crippen LogP contribution in [-0.2, 0) is 10.0 Å². The third-order valence-electron chi connectivity index (χ3n) is 2.75. The molecule has 0 unspecified atom stereocenters. The second-order valence-electron chi connectivity index (χ2n) is 4.89. The van der Waals surface area contributed by atoms with Crippen LogP contribution >= 0.6 is 0 Å². The molecular formula is C17H25FN2O4S. The van der Waals surface area contributed by atoms with Crippen molar-refractivity contribution in [3.05, 3.63) is 47.8 Å². The monoisotopic (exact) mass is 372 g/mol. The summed E-state index contributed by atoms with van der Waals surface area (Å²) in [5, 5.41) is 8.63. The highest BCUT2D eigenvalue weighted by Crippen LogP contribution is 2.01. The number of allylic oxidation sites excluding steroid dienone is 1. The number of rotatable bonds is 8. The van der Waals surface area contributed by atoms with E-state index in [9.17, 15) is 17.6 Å². The molecule has 0 spiro atoms. The molecule has 0 bridgehead atoms. The average molecular weight is 372 g/mol. The van der Waals surface area contributed by atoms with Crippen molar-refractivity contribution >= 4 is 22.1 Å². The van der Waals surface area contributed by atoms with Crippen LogP contribution in [0.4, 0.5) is 4.39 Å². The van der Waals surface area contributed by atoms with Gasteiger partial charge in [0.2, 0.25) is 10.0 Å². The van der Waals surface area contributed by atoms with Crippen LogP contribution in [0.25, 0.3) is 0 Å². The number of nitrogens with zero attached hydrogens (tertiary/aromatic N) is 1. The van der Waals surface area contributed by atoms with Crippen LogP contribution in [0.15, 0.2) is 41.4 Å². The van der Waals surface area contributed by atoms with Gasteiger partial charge in [0.15, 0.2) is 6.29 Å². The first-order valence-electron chi connectivity index (χ1n) is 7.85. The predicted molar refractivity (Wildman–Crippen MR) is 97.8 cm³/mol. The summed E-state index contributed by atoms with van der Waals surface area (Å²) in [5.74, 6) is -0.0979. The molecule has 25 heavy (non-hydrogen) atoms. The zero-order valence-corrected chi connectivity index (χ0v) is 15.3. The van der Waals surface area contributed by atoms with Crippen LogP contribution in [0.1, 0.15) is 37.0 Å². The fraction of sp³-hybridized carbons (Fsp3) is 0.412. The van der Waals surface area contributed by atoms with Crippen molar-refractivity contribution in [2.24, 2.45) is 4.99 Å². The first-order chi connectivity index (χ1) is 11.9. The number of nitrogens with one attached hydrogen (secondary N) is 1. The molecule has 0 radical (unpaired) electrons. The normalized spacial score (nSPS) is 11.8. The van der Waals surface area contributed by atoms with Gasteiger partial charge in [-0.15, -0.1) is 0 Å². The van der Waals surface area contributed by atoms with Gasteiger partial charge in [-0.3, -0.25) is 14.5 Å². The molecule has 0 aliphatic heterocycles. The zero-order chi connectivity index (χ0) is 19.1. The van der Waals surface area contributed by atoms with Crippen molar-refractivity contribution in [2.45, 2.75) is 26.7 Å². The van der Waals surface area contributed by atoms with E-state index in [1.54, 1.807) is 31.2 Å². The Morgan fingerprint density at radius 3 is 2.52 bits per heavy atom. The molecule has 0 fully saturated rings. The van der Waals surface area contributed by atoms with E-state index in [2.05, 4.69) is 9.71 Å². The van der Waals surface area contributed by atoms with Gasteiger partial charge in [0.05, 0.1) is 24.5 Å². The lowest BCUT2D eigenvalue weighted by atomic mass is 10.2. The minimum absolute atomic E-state index is 0.0502. The SMILES string of the molecule is C/C=C\CS(=O)(=O)NC(CCC)=NCCO.O=Cc1ccccc1F. The Morgan fingerprint density at radius 1 is 1.36 bits per heavy atom. The number of hydrogen-bond acceptors (Lipinski definition) is 5. The molecule has 1 aromatic carbocycles. The second kappa shape index (κ2) is 13.3. The quantitative estimate of drug-likeness (QED) is 0.317. The minimum Gasteiger partial charge on any atom is -0.394 e. The molecule has 6 nitrogen and oxygen atoms in total. The highest BCUT2D eigenvalue weighted by molar-refractivity contribution is 7.90. The number of aliphatic hydroxyl groups excluding tert-OH is 1. The maximum Gasteiger partial charge on any atom is 0.237 e. The van der Waals surface area contributed by atoms with Gasteiger partial charge in [0.25, 0.3) is 0 Å². The molecule has 1 aromatic rings. The number of aliphatic hydroxyl groups is 1. The highest BCUT2D eigenvalue weighted by Gasteiger charge is 2.10. The second-order valence-corrected chi connectivity index (χ2v) is 6.66. The number of hydrogen-bond donors (Lipinski definition) is 2. The van der Waals surface area contributed by atoms with E-state index in [0.717, 1.165) is 6.42 Å². The molecule has 2 N–H and O–H groups in total. The molecule has 1 rings (SSSR count). The molecule has 0 aliphatic carbocycles. The molecule has 0 aromatic heterocycles. The van der Waals surface area contributed by atoms with Gasteiger partial charge in [-0.25, -0.2) is 12.8 Å². The fourth-order valence-corrected chi connectivity index (χ4v) is 2.65.